The number of hydrogen-bond donors (Lipinski definition) is 2. The van der Waals surface area contributed by atoms with E-state index >= 15 is 0 Å². The smallest absolute Gasteiger partial charge is 0.195 e. The number of ketones is 1. The Morgan fingerprint density at radius 2 is 1.84 bits per heavy atom. The van der Waals surface area contributed by atoms with Gasteiger partial charge in [0.25, 0.3) is 0 Å². The molecule has 0 unspecified atom stereocenters. The SMILES string of the molecule is NCC#Cc1ccc(N)c(C(=O)c2ccccc2)c1. The molecule has 0 aromatic heterocycles. The summed E-state index contributed by atoms with van der Waals surface area (Å²) in [5.41, 5.74) is 13.5. The predicted octanol–water partition coefficient (Wildman–Crippen LogP) is 1.81. The summed E-state index contributed by atoms with van der Waals surface area (Å²) in [6, 6.07) is 14.2. The number of rotatable bonds is 2. The Kier molecular flexibility index (Phi) is 3.97. The third-order valence-corrected chi connectivity index (χ3v) is 2.67. The van der Waals surface area contributed by atoms with Gasteiger partial charge < -0.3 is 11.5 Å². The van der Waals surface area contributed by atoms with Crippen molar-refractivity contribution in [2.75, 3.05) is 12.3 Å². The Labute approximate surface area is 112 Å². The Balaban J connectivity index is 2.41. The van der Waals surface area contributed by atoms with Crippen LogP contribution in [-0.4, -0.2) is 12.3 Å². The molecule has 19 heavy (non-hydrogen) atoms. The third-order valence-electron chi connectivity index (χ3n) is 2.67. The second-order valence-corrected chi connectivity index (χ2v) is 4.00. The highest BCUT2D eigenvalue weighted by Crippen LogP contribution is 2.18. The van der Waals surface area contributed by atoms with E-state index in [9.17, 15) is 4.79 Å². The first-order valence-electron chi connectivity index (χ1n) is 5.90. The molecule has 4 N–H and O–H groups in total. The van der Waals surface area contributed by atoms with Gasteiger partial charge in [-0.25, -0.2) is 0 Å². The van der Waals surface area contributed by atoms with Crippen LogP contribution in [0.15, 0.2) is 48.5 Å². The van der Waals surface area contributed by atoms with Gasteiger partial charge in [0.05, 0.1) is 6.54 Å². The van der Waals surface area contributed by atoms with Crippen molar-refractivity contribution in [3.05, 3.63) is 65.2 Å². The molecule has 0 saturated heterocycles. The summed E-state index contributed by atoms with van der Waals surface area (Å²) in [5, 5.41) is 0. The predicted molar refractivity (Wildman–Crippen MR) is 76.7 cm³/mol. The molecule has 2 aromatic rings. The van der Waals surface area contributed by atoms with Gasteiger partial charge in [-0.05, 0) is 18.2 Å². The standard InChI is InChI=1S/C16H14N2O/c17-10-4-5-12-8-9-15(18)14(11-12)16(19)13-6-2-1-3-7-13/h1-3,6-9,11H,10,17-18H2. The summed E-state index contributed by atoms with van der Waals surface area (Å²) in [7, 11) is 0. The fraction of sp³-hybridized carbons (Fsp3) is 0.0625. The van der Waals surface area contributed by atoms with Gasteiger partial charge in [-0.15, -0.1) is 0 Å². The molecule has 0 amide bonds. The third kappa shape index (κ3) is 3.01. The molecular formula is C16H14N2O. The molecule has 0 spiro atoms. The Hall–Kier alpha value is -2.57. The number of carbonyl (C=O) groups is 1. The molecule has 2 rings (SSSR count). The lowest BCUT2D eigenvalue weighted by Gasteiger charge is -2.05. The van der Waals surface area contributed by atoms with Gasteiger partial charge in [-0.1, -0.05) is 42.2 Å². The molecule has 3 heteroatoms. The molecule has 0 aliphatic rings. The largest absolute Gasteiger partial charge is 0.398 e. The van der Waals surface area contributed by atoms with Gasteiger partial charge in [0.2, 0.25) is 0 Å². The van der Waals surface area contributed by atoms with Gasteiger partial charge in [0.15, 0.2) is 5.78 Å². The average molecular weight is 250 g/mol. The second-order valence-electron chi connectivity index (χ2n) is 4.00. The maximum Gasteiger partial charge on any atom is 0.195 e. The number of benzene rings is 2. The minimum absolute atomic E-state index is 0.102. The molecule has 0 radical (unpaired) electrons. The molecule has 2 aromatic carbocycles. The highest BCUT2D eigenvalue weighted by Gasteiger charge is 2.12. The quantitative estimate of drug-likeness (QED) is 0.485. The van der Waals surface area contributed by atoms with Gasteiger partial charge in [0.1, 0.15) is 0 Å². The van der Waals surface area contributed by atoms with Gasteiger partial charge >= 0.3 is 0 Å². The van der Waals surface area contributed by atoms with Crippen LogP contribution in [0.5, 0.6) is 0 Å². The molecule has 0 bridgehead atoms. The Bertz CT molecular complexity index is 651. The van der Waals surface area contributed by atoms with Gasteiger partial charge in [-0.2, -0.15) is 0 Å². The van der Waals surface area contributed by atoms with Crippen molar-refractivity contribution in [2.24, 2.45) is 5.73 Å². The lowest BCUT2D eigenvalue weighted by Crippen LogP contribution is -2.05. The second kappa shape index (κ2) is 5.85. The number of carbonyl (C=O) groups excluding carboxylic acids is 1. The monoisotopic (exact) mass is 250 g/mol. The molecule has 0 aliphatic carbocycles. The van der Waals surface area contributed by atoms with E-state index in [4.69, 9.17) is 11.5 Å². The maximum atomic E-state index is 12.3. The van der Waals surface area contributed by atoms with Crippen LogP contribution in [0.4, 0.5) is 5.69 Å². The van der Waals surface area contributed by atoms with E-state index in [-0.39, 0.29) is 12.3 Å². The number of nitrogen functional groups attached to an aromatic ring is 1. The molecule has 0 saturated carbocycles. The zero-order chi connectivity index (χ0) is 13.7. The van der Waals surface area contributed by atoms with E-state index in [2.05, 4.69) is 11.8 Å². The fourth-order valence-corrected chi connectivity index (χ4v) is 1.73. The van der Waals surface area contributed by atoms with Crippen molar-refractivity contribution in [3.63, 3.8) is 0 Å². The van der Waals surface area contributed by atoms with E-state index in [0.717, 1.165) is 5.56 Å². The highest BCUT2D eigenvalue weighted by molar-refractivity contribution is 6.12. The first kappa shape index (κ1) is 12.9. The average Bonchev–Trinajstić information content (AvgIpc) is 2.46. The van der Waals surface area contributed by atoms with Crippen LogP contribution < -0.4 is 11.5 Å². The van der Waals surface area contributed by atoms with Crippen LogP contribution in [0.25, 0.3) is 0 Å². The summed E-state index contributed by atoms with van der Waals surface area (Å²) in [5.74, 6) is 5.55. The lowest BCUT2D eigenvalue weighted by atomic mass is 10.00. The fourth-order valence-electron chi connectivity index (χ4n) is 1.73. The van der Waals surface area contributed by atoms with Gasteiger partial charge in [0, 0.05) is 22.4 Å². The van der Waals surface area contributed by atoms with Crippen LogP contribution in [0.3, 0.4) is 0 Å². The molecular weight excluding hydrogens is 236 g/mol. The number of nitrogens with two attached hydrogens (primary N) is 2. The Morgan fingerprint density at radius 3 is 2.53 bits per heavy atom. The van der Waals surface area contributed by atoms with Crippen LogP contribution >= 0.6 is 0 Å². The minimum Gasteiger partial charge on any atom is -0.398 e. The summed E-state index contributed by atoms with van der Waals surface area (Å²) in [4.78, 5) is 12.3. The van der Waals surface area contributed by atoms with Crippen molar-refractivity contribution in [1.82, 2.24) is 0 Å². The van der Waals surface area contributed by atoms with E-state index in [1.54, 1.807) is 30.3 Å². The summed E-state index contributed by atoms with van der Waals surface area (Å²) >= 11 is 0. The molecule has 0 atom stereocenters. The van der Waals surface area contributed by atoms with Crippen molar-refractivity contribution in [2.45, 2.75) is 0 Å². The van der Waals surface area contributed by atoms with Crippen molar-refractivity contribution in [3.8, 4) is 11.8 Å². The normalized spacial score (nSPS) is 9.53. The maximum absolute atomic E-state index is 12.3. The lowest BCUT2D eigenvalue weighted by molar-refractivity contribution is 0.103. The molecule has 0 heterocycles. The zero-order valence-corrected chi connectivity index (χ0v) is 10.4. The number of hydrogen-bond acceptors (Lipinski definition) is 3. The van der Waals surface area contributed by atoms with Crippen molar-refractivity contribution >= 4 is 11.5 Å². The summed E-state index contributed by atoms with van der Waals surface area (Å²) < 4.78 is 0. The topological polar surface area (TPSA) is 69.1 Å². The minimum atomic E-state index is -0.102. The van der Waals surface area contributed by atoms with E-state index in [0.29, 0.717) is 16.8 Å². The molecule has 3 nitrogen and oxygen atoms in total. The first-order chi connectivity index (χ1) is 9.22. The number of anilines is 1. The van der Waals surface area contributed by atoms with Gasteiger partial charge in [-0.3, -0.25) is 4.79 Å². The summed E-state index contributed by atoms with van der Waals surface area (Å²) in [6.45, 7) is 0.284. The molecule has 94 valence electrons. The highest BCUT2D eigenvalue weighted by atomic mass is 16.1. The van der Waals surface area contributed by atoms with Crippen molar-refractivity contribution < 1.29 is 4.79 Å². The molecule has 0 fully saturated rings. The van der Waals surface area contributed by atoms with E-state index in [1.807, 2.05) is 18.2 Å². The van der Waals surface area contributed by atoms with E-state index in [1.165, 1.54) is 0 Å². The summed E-state index contributed by atoms with van der Waals surface area (Å²) in [6.07, 6.45) is 0. The zero-order valence-electron chi connectivity index (χ0n) is 10.4. The van der Waals surface area contributed by atoms with Crippen LogP contribution in [0.2, 0.25) is 0 Å². The Morgan fingerprint density at radius 1 is 1.11 bits per heavy atom. The molecule has 0 aliphatic heterocycles. The van der Waals surface area contributed by atoms with Crippen LogP contribution in [0, 0.1) is 11.8 Å². The van der Waals surface area contributed by atoms with E-state index < -0.39 is 0 Å². The van der Waals surface area contributed by atoms with Crippen LogP contribution in [-0.2, 0) is 0 Å². The van der Waals surface area contributed by atoms with Crippen molar-refractivity contribution in [1.29, 1.82) is 0 Å². The first-order valence-corrected chi connectivity index (χ1v) is 5.90. The van der Waals surface area contributed by atoms with Crippen LogP contribution in [0.1, 0.15) is 21.5 Å².